The SMILES string of the molecule is CC(C)c1ccccc1Oc1nccnc1C(=N)N. The van der Waals surface area contributed by atoms with Crippen LogP contribution in [-0.2, 0) is 0 Å². The van der Waals surface area contributed by atoms with Crippen LogP contribution in [0.25, 0.3) is 0 Å². The zero-order valence-corrected chi connectivity index (χ0v) is 10.9. The van der Waals surface area contributed by atoms with Crippen molar-refractivity contribution in [1.29, 1.82) is 5.41 Å². The van der Waals surface area contributed by atoms with Crippen molar-refractivity contribution in [2.75, 3.05) is 0 Å². The van der Waals surface area contributed by atoms with Gasteiger partial charge in [0.1, 0.15) is 11.6 Å². The summed E-state index contributed by atoms with van der Waals surface area (Å²) in [6, 6.07) is 7.73. The molecule has 0 radical (unpaired) electrons. The minimum absolute atomic E-state index is 0.162. The Morgan fingerprint density at radius 2 is 1.89 bits per heavy atom. The molecular formula is C14H16N4O. The summed E-state index contributed by atoms with van der Waals surface area (Å²) in [7, 11) is 0. The van der Waals surface area contributed by atoms with Gasteiger partial charge in [0.2, 0.25) is 5.88 Å². The number of nitrogens with two attached hydrogens (primary N) is 1. The van der Waals surface area contributed by atoms with Gasteiger partial charge in [-0.25, -0.2) is 9.97 Å². The van der Waals surface area contributed by atoms with Crippen LogP contribution in [0.1, 0.15) is 31.0 Å². The Hall–Kier alpha value is -2.43. The fourth-order valence-electron chi connectivity index (χ4n) is 1.74. The normalized spacial score (nSPS) is 10.5. The Bertz CT molecular complexity index is 596. The Balaban J connectivity index is 2.39. The van der Waals surface area contributed by atoms with Gasteiger partial charge in [0.25, 0.3) is 0 Å². The molecule has 0 saturated carbocycles. The molecule has 1 aromatic carbocycles. The highest BCUT2D eigenvalue weighted by Crippen LogP contribution is 2.30. The van der Waals surface area contributed by atoms with E-state index in [9.17, 15) is 0 Å². The molecule has 19 heavy (non-hydrogen) atoms. The van der Waals surface area contributed by atoms with E-state index >= 15 is 0 Å². The standard InChI is InChI=1S/C14H16N4O/c1-9(2)10-5-3-4-6-11(10)19-14-12(13(15)16)17-7-8-18-14/h3-9H,1-2H3,(H3,15,16). The lowest BCUT2D eigenvalue weighted by molar-refractivity contribution is 0.450. The smallest absolute Gasteiger partial charge is 0.249 e. The van der Waals surface area contributed by atoms with E-state index in [4.69, 9.17) is 15.9 Å². The quantitative estimate of drug-likeness (QED) is 0.650. The Morgan fingerprint density at radius 3 is 2.58 bits per heavy atom. The van der Waals surface area contributed by atoms with Crippen molar-refractivity contribution in [1.82, 2.24) is 9.97 Å². The number of amidine groups is 1. The summed E-state index contributed by atoms with van der Waals surface area (Å²) < 4.78 is 5.77. The third-order valence-corrected chi connectivity index (χ3v) is 2.67. The minimum Gasteiger partial charge on any atom is -0.437 e. The van der Waals surface area contributed by atoms with E-state index in [-0.39, 0.29) is 17.4 Å². The molecule has 0 fully saturated rings. The first-order valence-electron chi connectivity index (χ1n) is 6.01. The van der Waals surface area contributed by atoms with E-state index in [1.165, 1.54) is 12.4 Å². The number of hydrogen-bond donors (Lipinski definition) is 2. The zero-order chi connectivity index (χ0) is 13.8. The molecular weight excluding hydrogens is 240 g/mol. The van der Waals surface area contributed by atoms with Crippen LogP contribution in [0.2, 0.25) is 0 Å². The fourth-order valence-corrected chi connectivity index (χ4v) is 1.74. The van der Waals surface area contributed by atoms with Crippen molar-refractivity contribution < 1.29 is 4.74 Å². The molecule has 0 aliphatic heterocycles. The molecule has 2 rings (SSSR count). The lowest BCUT2D eigenvalue weighted by Crippen LogP contribution is -2.15. The molecule has 1 aromatic heterocycles. The molecule has 5 nitrogen and oxygen atoms in total. The lowest BCUT2D eigenvalue weighted by Gasteiger charge is -2.13. The highest BCUT2D eigenvalue weighted by atomic mass is 16.5. The molecule has 98 valence electrons. The Morgan fingerprint density at radius 1 is 1.21 bits per heavy atom. The maximum Gasteiger partial charge on any atom is 0.249 e. The van der Waals surface area contributed by atoms with Crippen LogP contribution in [0.3, 0.4) is 0 Å². The highest BCUT2D eigenvalue weighted by molar-refractivity contribution is 5.95. The van der Waals surface area contributed by atoms with Gasteiger partial charge in [0, 0.05) is 12.4 Å². The monoisotopic (exact) mass is 256 g/mol. The van der Waals surface area contributed by atoms with Crippen LogP contribution in [0.4, 0.5) is 0 Å². The number of nitrogen functional groups attached to an aromatic ring is 1. The van der Waals surface area contributed by atoms with Crippen LogP contribution in [0.5, 0.6) is 11.6 Å². The average molecular weight is 256 g/mol. The van der Waals surface area contributed by atoms with Gasteiger partial charge in [-0.2, -0.15) is 0 Å². The predicted octanol–water partition coefficient (Wildman–Crippen LogP) is 2.68. The summed E-state index contributed by atoms with van der Waals surface area (Å²) in [5.74, 6) is 1.13. The molecule has 0 unspecified atom stereocenters. The lowest BCUT2D eigenvalue weighted by atomic mass is 10.0. The van der Waals surface area contributed by atoms with Gasteiger partial charge in [-0.3, -0.25) is 5.41 Å². The third kappa shape index (κ3) is 2.88. The first kappa shape index (κ1) is 13.0. The van der Waals surface area contributed by atoms with E-state index in [1.54, 1.807) is 0 Å². The minimum atomic E-state index is -0.162. The molecule has 0 aliphatic rings. The first-order chi connectivity index (χ1) is 9.09. The molecule has 2 aromatic rings. The molecule has 0 amide bonds. The largest absolute Gasteiger partial charge is 0.437 e. The number of nitrogens with zero attached hydrogens (tertiary/aromatic N) is 2. The molecule has 0 atom stereocenters. The van der Waals surface area contributed by atoms with E-state index in [2.05, 4.69) is 23.8 Å². The van der Waals surface area contributed by atoms with Crippen LogP contribution in [0.15, 0.2) is 36.7 Å². The van der Waals surface area contributed by atoms with Crippen molar-refractivity contribution >= 4 is 5.84 Å². The van der Waals surface area contributed by atoms with E-state index in [0.29, 0.717) is 11.7 Å². The van der Waals surface area contributed by atoms with Crippen LogP contribution < -0.4 is 10.5 Å². The number of nitrogens with one attached hydrogen (secondary N) is 1. The number of rotatable bonds is 4. The fraction of sp³-hybridized carbons (Fsp3) is 0.214. The summed E-state index contributed by atoms with van der Waals surface area (Å²) in [6.07, 6.45) is 3.00. The van der Waals surface area contributed by atoms with Gasteiger partial charge in [-0.05, 0) is 17.5 Å². The molecule has 1 heterocycles. The van der Waals surface area contributed by atoms with Gasteiger partial charge in [0.05, 0.1) is 0 Å². The maximum atomic E-state index is 7.48. The second-order valence-corrected chi connectivity index (χ2v) is 4.42. The van der Waals surface area contributed by atoms with Gasteiger partial charge in [-0.15, -0.1) is 0 Å². The Kier molecular flexibility index (Phi) is 3.75. The van der Waals surface area contributed by atoms with Gasteiger partial charge < -0.3 is 10.5 Å². The predicted molar refractivity (Wildman–Crippen MR) is 73.7 cm³/mol. The van der Waals surface area contributed by atoms with Crippen molar-refractivity contribution in [3.63, 3.8) is 0 Å². The van der Waals surface area contributed by atoms with E-state index in [1.807, 2.05) is 24.3 Å². The summed E-state index contributed by atoms with van der Waals surface area (Å²) in [4.78, 5) is 8.10. The zero-order valence-electron chi connectivity index (χ0n) is 10.9. The van der Waals surface area contributed by atoms with Crippen LogP contribution in [0, 0.1) is 5.41 Å². The topological polar surface area (TPSA) is 84.9 Å². The van der Waals surface area contributed by atoms with Gasteiger partial charge in [0.15, 0.2) is 5.69 Å². The van der Waals surface area contributed by atoms with Gasteiger partial charge >= 0.3 is 0 Å². The first-order valence-corrected chi connectivity index (χ1v) is 6.01. The summed E-state index contributed by atoms with van der Waals surface area (Å²) in [5, 5.41) is 7.48. The average Bonchev–Trinajstić information content (AvgIpc) is 2.39. The second-order valence-electron chi connectivity index (χ2n) is 4.42. The molecule has 3 N–H and O–H groups in total. The van der Waals surface area contributed by atoms with Crippen LogP contribution in [-0.4, -0.2) is 15.8 Å². The molecule has 0 saturated heterocycles. The van der Waals surface area contributed by atoms with E-state index < -0.39 is 0 Å². The number of benzene rings is 1. The second kappa shape index (κ2) is 5.48. The summed E-state index contributed by atoms with van der Waals surface area (Å²) in [5.41, 5.74) is 6.79. The van der Waals surface area contributed by atoms with Crippen molar-refractivity contribution in [2.45, 2.75) is 19.8 Å². The maximum absolute atomic E-state index is 7.48. The number of ether oxygens (including phenoxy) is 1. The van der Waals surface area contributed by atoms with Crippen molar-refractivity contribution in [3.05, 3.63) is 47.9 Å². The number of hydrogen-bond acceptors (Lipinski definition) is 4. The highest BCUT2D eigenvalue weighted by Gasteiger charge is 2.13. The van der Waals surface area contributed by atoms with Gasteiger partial charge in [-0.1, -0.05) is 32.0 Å². The summed E-state index contributed by atoms with van der Waals surface area (Å²) in [6.45, 7) is 4.18. The number of aromatic nitrogens is 2. The van der Waals surface area contributed by atoms with Crippen molar-refractivity contribution in [2.24, 2.45) is 5.73 Å². The summed E-state index contributed by atoms with van der Waals surface area (Å²) >= 11 is 0. The Labute approximate surface area is 112 Å². The van der Waals surface area contributed by atoms with Crippen molar-refractivity contribution in [3.8, 4) is 11.6 Å². The third-order valence-electron chi connectivity index (χ3n) is 2.67. The molecule has 0 spiro atoms. The van der Waals surface area contributed by atoms with Crippen LogP contribution >= 0.6 is 0 Å². The molecule has 5 heteroatoms. The van der Waals surface area contributed by atoms with E-state index in [0.717, 1.165) is 5.56 Å². The number of para-hydroxylation sites is 1. The molecule has 0 aliphatic carbocycles. The molecule has 0 bridgehead atoms.